The molecule has 1 aliphatic rings. The number of benzene rings is 1. The monoisotopic (exact) mass is 424 g/mol. The van der Waals surface area contributed by atoms with Gasteiger partial charge in [-0.05, 0) is 64.0 Å². The standard InChI is InChI=1S/C21H36N4O3S/c1-5-24-14-16-25(17-15-24)13-7-6-12-22-21(26)19-8-10-20(11-9-19)29(27,28)23(4)18(2)3/h8-11,18H,5-7,12-17H2,1-4H3,(H,22,26). The zero-order valence-corrected chi connectivity index (χ0v) is 19.0. The molecule has 1 heterocycles. The smallest absolute Gasteiger partial charge is 0.251 e. The van der Waals surface area contributed by atoms with Gasteiger partial charge in [-0.2, -0.15) is 4.31 Å². The van der Waals surface area contributed by atoms with Gasteiger partial charge in [-0.3, -0.25) is 4.79 Å². The van der Waals surface area contributed by atoms with Crippen LogP contribution in [0.2, 0.25) is 0 Å². The molecule has 0 bridgehead atoms. The molecule has 0 spiro atoms. The molecule has 1 N–H and O–H groups in total. The van der Waals surface area contributed by atoms with E-state index in [1.165, 1.54) is 16.4 Å². The Bertz CT molecular complexity index is 742. The number of rotatable bonds is 10. The topological polar surface area (TPSA) is 73.0 Å². The molecular weight excluding hydrogens is 388 g/mol. The highest BCUT2D eigenvalue weighted by atomic mass is 32.2. The van der Waals surface area contributed by atoms with E-state index < -0.39 is 10.0 Å². The molecule has 0 radical (unpaired) electrons. The molecule has 0 saturated carbocycles. The average Bonchev–Trinajstić information content (AvgIpc) is 2.73. The van der Waals surface area contributed by atoms with Crippen molar-refractivity contribution in [3.63, 3.8) is 0 Å². The Hall–Kier alpha value is -1.48. The molecule has 0 atom stereocenters. The first-order valence-corrected chi connectivity index (χ1v) is 12.0. The molecule has 1 fully saturated rings. The summed E-state index contributed by atoms with van der Waals surface area (Å²) in [6, 6.07) is 6.02. The van der Waals surface area contributed by atoms with Gasteiger partial charge in [-0.25, -0.2) is 8.42 Å². The van der Waals surface area contributed by atoms with Crippen molar-refractivity contribution in [2.24, 2.45) is 0 Å². The molecule has 1 aliphatic heterocycles. The maximum Gasteiger partial charge on any atom is 0.251 e. The van der Waals surface area contributed by atoms with Crippen LogP contribution in [0.15, 0.2) is 29.2 Å². The lowest BCUT2D eigenvalue weighted by atomic mass is 10.2. The fourth-order valence-electron chi connectivity index (χ4n) is 3.32. The SMILES string of the molecule is CCN1CCN(CCCCNC(=O)c2ccc(S(=O)(=O)N(C)C(C)C)cc2)CC1. The van der Waals surface area contributed by atoms with E-state index in [0.717, 1.165) is 52.1 Å². The third-order valence-electron chi connectivity index (χ3n) is 5.62. The van der Waals surface area contributed by atoms with Crippen LogP contribution in [0, 0.1) is 0 Å². The summed E-state index contributed by atoms with van der Waals surface area (Å²) in [5.74, 6) is -0.164. The van der Waals surface area contributed by atoms with Crippen LogP contribution < -0.4 is 5.32 Å². The molecule has 1 aromatic carbocycles. The van der Waals surface area contributed by atoms with Gasteiger partial charge in [0.25, 0.3) is 5.91 Å². The molecule has 8 heteroatoms. The number of sulfonamides is 1. The van der Waals surface area contributed by atoms with Crippen molar-refractivity contribution in [1.82, 2.24) is 19.4 Å². The second-order valence-electron chi connectivity index (χ2n) is 7.88. The van der Waals surface area contributed by atoms with Gasteiger partial charge in [0, 0.05) is 51.4 Å². The van der Waals surface area contributed by atoms with Crippen LogP contribution in [0.3, 0.4) is 0 Å². The second kappa shape index (κ2) is 11.1. The Kier molecular flexibility index (Phi) is 9.07. The van der Waals surface area contributed by atoms with E-state index >= 15 is 0 Å². The minimum absolute atomic E-state index is 0.126. The molecule has 0 aliphatic carbocycles. The van der Waals surface area contributed by atoms with Crippen molar-refractivity contribution in [3.05, 3.63) is 29.8 Å². The van der Waals surface area contributed by atoms with Crippen LogP contribution in [0.25, 0.3) is 0 Å². The van der Waals surface area contributed by atoms with Gasteiger partial charge in [0.15, 0.2) is 0 Å². The average molecular weight is 425 g/mol. The molecule has 2 rings (SSSR count). The Labute approximate surface area is 176 Å². The molecule has 1 aromatic rings. The molecule has 29 heavy (non-hydrogen) atoms. The summed E-state index contributed by atoms with van der Waals surface area (Å²) in [5.41, 5.74) is 0.479. The minimum Gasteiger partial charge on any atom is -0.352 e. The van der Waals surface area contributed by atoms with Gasteiger partial charge in [0.1, 0.15) is 0 Å². The fourth-order valence-corrected chi connectivity index (χ4v) is 4.68. The van der Waals surface area contributed by atoms with Gasteiger partial charge < -0.3 is 15.1 Å². The number of carbonyl (C=O) groups excluding carboxylic acids is 1. The lowest BCUT2D eigenvalue weighted by Crippen LogP contribution is -2.46. The minimum atomic E-state index is -3.53. The van der Waals surface area contributed by atoms with Gasteiger partial charge in [-0.15, -0.1) is 0 Å². The van der Waals surface area contributed by atoms with E-state index in [1.54, 1.807) is 19.2 Å². The highest BCUT2D eigenvalue weighted by Gasteiger charge is 2.23. The predicted molar refractivity (Wildman–Crippen MR) is 117 cm³/mol. The molecule has 0 aromatic heterocycles. The highest BCUT2D eigenvalue weighted by Crippen LogP contribution is 2.17. The summed E-state index contributed by atoms with van der Waals surface area (Å²) in [6.45, 7) is 13.2. The van der Waals surface area contributed by atoms with E-state index in [-0.39, 0.29) is 16.8 Å². The van der Waals surface area contributed by atoms with Crippen molar-refractivity contribution in [2.45, 2.75) is 44.6 Å². The Morgan fingerprint density at radius 1 is 1.07 bits per heavy atom. The van der Waals surface area contributed by atoms with Crippen LogP contribution in [0.4, 0.5) is 0 Å². The van der Waals surface area contributed by atoms with Gasteiger partial charge in [-0.1, -0.05) is 6.92 Å². The Morgan fingerprint density at radius 3 is 2.21 bits per heavy atom. The predicted octanol–water partition coefficient (Wildman–Crippen LogP) is 1.86. The van der Waals surface area contributed by atoms with Crippen molar-refractivity contribution in [1.29, 1.82) is 0 Å². The lowest BCUT2D eigenvalue weighted by Gasteiger charge is -2.33. The number of nitrogens with zero attached hydrogens (tertiary/aromatic N) is 3. The molecule has 0 unspecified atom stereocenters. The molecule has 1 amide bonds. The summed E-state index contributed by atoms with van der Waals surface area (Å²) in [4.78, 5) is 17.5. The summed E-state index contributed by atoms with van der Waals surface area (Å²) < 4.78 is 26.3. The second-order valence-corrected chi connectivity index (χ2v) is 9.88. The van der Waals surface area contributed by atoms with Crippen molar-refractivity contribution < 1.29 is 13.2 Å². The number of hydrogen-bond donors (Lipinski definition) is 1. The lowest BCUT2D eigenvalue weighted by molar-refractivity contribution is 0.0951. The largest absolute Gasteiger partial charge is 0.352 e. The number of piperazine rings is 1. The Morgan fingerprint density at radius 2 is 1.66 bits per heavy atom. The van der Waals surface area contributed by atoms with Crippen LogP contribution in [0.1, 0.15) is 44.0 Å². The number of amides is 1. The maximum absolute atomic E-state index is 12.5. The summed E-state index contributed by atoms with van der Waals surface area (Å²) in [6.07, 6.45) is 2.00. The van der Waals surface area contributed by atoms with E-state index in [4.69, 9.17) is 0 Å². The highest BCUT2D eigenvalue weighted by molar-refractivity contribution is 7.89. The fraction of sp³-hybridized carbons (Fsp3) is 0.667. The van der Waals surface area contributed by atoms with Gasteiger partial charge in [0.2, 0.25) is 10.0 Å². The number of unbranched alkanes of at least 4 members (excludes halogenated alkanes) is 1. The zero-order chi connectivity index (χ0) is 21.4. The molecule has 164 valence electrons. The first-order valence-electron chi connectivity index (χ1n) is 10.6. The maximum atomic E-state index is 12.5. The van der Waals surface area contributed by atoms with E-state index in [9.17, 15) is 13.2 Å². The summed E-state index contributed by atoms with van der Waals surface area (Å²) in [7, 11) is -1.97. The van der Waals surface area contributed by atoms with Crippen LogP contribution in [0.5, 0.6) is 0 Å². The molecule has 7 nitrogen and oxygen atoms in total. The first kappa shape index (κ1) is 23.8. The van der Waals surface area contributed by atoms with Gasteiger partial charge in [0.05, 0.1) is 4.90 Å². The third-order valence-corrected chi connectivity index (χ3v) is 7.67. The number of hydrogen-bond acceptors (Lipinski definition) is 5. The van der Waals surface area contributed by atoms with Crippen molar-refractivity contribution >= 4 is 15.9 Å². The summed E-state index contributed by atoms with van der Waals surface area (Å²) in [5, 5.41) is 2.93. The Balaban J connectivity index is 1.73. The quantitative estimate of drug-likeness (QED) is 0.581. The number of carbonyl (C=O) groups is 1. The van der Waals surface area contributed by atoms with E-state index in [1.807, 2.05) is 13.8 Å². The third kappa shape index (κ3) is 6.77. The van der Waals surface area contributed by atoms with Crippen molar-refractivity contribution in [3.8, 4) is 0 Å². The van der Waals surface area contributed by atoms with Crippen LogP contribution in [-0.4, -0.2) is 87.3 Å². The van der Waals surface area contributed by atoms with Gasteiger partial charge >= 0.3 is 0 Å². The van der Waals surface area contributed by atoms with E-state index in [0.29, 0.717) is 12.1 Å². The van der Waals surface area contributed by atoms with Crippen LogP contribution in [-0.2, 0) is 10.0 Å². The molecular formula is C21H36N4O3S. The van der Waals surface area contributed by atoms with Crippen LogP contribution >= 0.6 is 0 Å². The van der Waals surface area contributed by atoms with Crippen molar-refractivity contribution in [2.75, 3.05) is 52.9 Å². The summed E-state index contributed by atoms with van der Waals surface area (Å²) >= 11 is 0. The first-order chi connectivity index (χ1) is 13.8. The zero-order valence-electron chi connectivity index (χ0n) is 18.2. The normalized spacial score (nSPS) is 16.5. The number of likely N-dealkylation sites (N-methyl/N-ethyl adjacent to an activating group) is 1. The van der Waals surface area contributed by atoms with E-state index in [2.05, 4.69) is 22.0 Å². The molecule has 1 saturated heterocycles. The number of nitrogens with one attached hydrogen (secondary N) is 1.